The molecule has 0 aromatic rings. The molecule has 4 nitrogen and oxygen atoms in total. The van der Waals surface area contributed by atoms with E-state index < -0.39 is 12.1 Å². The second kappa shape index (κ2) is 6.52. The first-order valence-electron chi connectivity index (χ1n) is 7.47. The number of rotatable bonds is 2. The van der Waals surface area contributed by atoms with Crippen molar-refractivity contribution in [2.24, 2.45) is 5.92 Å². The fraction of sp³-hybridized carbons (Fsp3) is 0.929. The number of nitrogens with zero attached hydrogens (tertiary/aromatic N) is 1. The van der Waals surface area contributed by atoms with E-state index in [1.807, 2.05) is 0 Å². The van der Waals surface area contributed by atoms with E-state index in [-0.39, 0.29) is 0 Å². The van der Waals surface area contributed by atoms with Crippen LogP contribution in [0, 0.1) is 5.92 Å². The third-order valence-corrected chi connectivity index (χ3v) is 4.56. The number of carboxylic acid groups (broad SMARTS) is 1. The molecule has 1 spiro atoms. The summed E-state index contributed by atoms with van der Waals surface area (Å²) in [5.41, 5.74) is 0.295. The standard InChI is InChI=1S/C12H21NO.C2HF3O2/c1-3-11(4-1)9-13-7-6-12(10-13)5-2-8-14-12;3-2(4,5)1(6)7/h11H,1-10H2;(H,6,7). The molecule has 0 aromatic carbocycles. The molecule has 1 N–H and O–H groups in total. The number of hydrogen-bond donors (Lipinski definition) is 1. The highest BCUT2D eigenvalue weighted by atomic mass is 19.4. The molecule has 1 aliphatic carbocycles. The molecule has 1 saturated carbocycles. The Kier molecular flexibility index (Phi) is 5.14. The Morgan fingerprint density at radius 1 is 1.29 bits per heavy atom. The normalized spacial score (nSPS) is 30.0. The van der Waals surface area contributed by atoms with E-state index in [0.29, 0.717) is 5.60 Å². The van der Waals surface area contributed by atoms with Crippen LogP contribution >= 0.6 is 0 Å². The van der Waals surface area contributed by atoms with Gasteiger partial charge in [-0.3, -0.25) is 0 Å². The number of hydrogen-bond acceptors (Lipinski definition) is 3. The molecule has 3 aliphatic rings. The predicted octanol–water partition coefficient (Wildman–Crippen LogP) is 2.67. The molecule has 3 fully saturated rings. The summed E-state index contributed by atoms with van der Waals surface area (Å²) in [6, 6.07) is 0. The Labute approximate surface area is 122 Å². The maximum atomic E-state index is 10.6. The van der Waals surface area contributed by atoms with Gasteiger partial charge in [-0.25, -0.2) is 4.79 Å². The van der Waals surface area contributed by atoms with Gasteiger partial charge in [-0.05, 0) is 38.0 Å². The summed E-state index contributed by atoms with van der Waals surface area (Å²) in [5.74, 6) is -1.74. The number of aliphatic carboxylic acids is 1. The molecular formula is C14H22F3NO3. The second-order valence-electron chi connectivity index (χ2n) is 6.22. The minimum Gasteiger partial charge on any atom is -0.475 e. The van der Waals surface area contributed by atoms with Crippen LogP contribution in [0.25, 0.3) is 0 Å². The first kappa shape index (κ1) is 16.5. The number of carbonyl (C=O) groups is 1. The average molecular weight is 309 g/mol. The number of alkyl halides is 3. The smallest absolute Gasteiger partial charge is 0.475 e. The molecule has 0 amide bonds. The van der Waals surface area contributed by atoms with Crippen LogP contribution in [0.4, 0.5) is 13.2 Å². The SMILES string of the molecule is C1CC(CN2CCC3(CCCO3)C2)C1.O=C(O)C(F)(F)F. The fourth-order valence-corrected chi connectivity index (χ4v) is 3.20. The quantitative estimate of drug-likeness (QED) is 0.852. The van der Waals surface area contributed by atoms with Gasteiger partial charge in [0.1, 0.15) is 0 Å². The highest BCUT2D eigenvalue weighted by Crippen LogP contribution is 2.36. The minimum atomic E-state index is -5.08. The summed E-state index contributed by atoms with van der Waals surface area (Å²) >= 11 is 0. The molecule has 21 heavy (non-hydrogen) atoms. The van der Waals surface area contributed by atoms with Crippen LogP contribution in [0.15, 0.2) is 0 Å². The lowest BCUT2D eigenvalue weighted by Crippen LogP contribution is -2.36. The number of likely N-dealkylation sites (tertiary alicyclic amines) is 1. The van der Waals surface area contributed by atoms with Crippen molar-refractivity contribution in [2.75, 3.05) is 26.2 Å². The van der Waals surface area contributed by atoms with Crippen molar-refractivity contribution in [1.82, 2.24) is 4.90 Å². The predicted molar refractivity (Wildman–Crippen MR) is 70.0 cm³/mol. The first-order valence-corrected chi connectivity index (χ1v) is 7.47. The van der Waals surface area contributed by atoms with Crippen LogP contribution in [0.2, 0.25) is 0 Å². The van der Waals surface area contributed by atoms with Gasteiger partial charge < -0.3 is 14.7 Å². The zero-order chi connectivity index (χ0) is 15.5. The highest BCUT2D eigenvalue weighted by molar-refractivity contribution is 5.73. The topological polar surface area (TPSA) is 49.8 Å². The van der Waals surface area contributed by atoms with Crippen LogP contribution in [0.1, 0.15) is 38.5 Å². The summed E-state index contributed by atoms with van der Waals surface area (Å²) in [6.45, 7) is 4.88. The van der Waals surface area contributed by atoms with Gasteiger partial charge in [-0.15, -0.1) is 0 Å². The molecule has 0 radical (unpaired) electrons. The lowest BCUT2D eigenvalue weighted by Gasteiger charge is -2.31. The third kappa shape index (κ3) is 4.57. The Bertz CT molecular complexity index is 363. The van der Waals surface area contributed by atoms with Crippen LogP contribution in [0.5, 0.6) is 0 Å². The van der Waals surface area contributed by atoms with Crippen molar-refractivity contribution in [3.05, 3.63) is 0 Å². The van der Waals surface area contributed by atoms with Gasteiger partial charge in [-0.2, -0.15) is 13.2 Å². The molecule has 2 aliphatic heterocycles. The molecule has 7 heteroatoms. The fourth-order valence-electron chi connectivity index (χ4n) is 3.20. The van der Waals surface area contributed by atoms with Crippen LogP contribution < -0.4 is 0 Å². The number of carboxylic acids is 1. The largest absolute Gasteiger partial charge is 0.490 e. The zero-order valence-electron chi connectivity index (χ0n) is 12.0. The van der Waals surface area contributed by atoms with E-state index in [0.717, 1.165) is 12.5 Å². The summed E-state index contributed by atoms with van der Waals surface area (Å²) in [6.07, 6.45) is 3.24. The average Bonchev–Trinajstić information content (AvgIpc) is 2.95. The maximum absolute atomic E-state index is 10.6. The lowest BCUT2D eigenvalue weighted by atomic mass is 9.85. The molecule has 2 heterocycles. The summed E-state index contributed by atoms with van der Waals surface area (Å²) in [4.78, 5) is 11.5. The Hall–Kier alpha value is -0.820. The van der Waals surface area contributed by atoms with Crippen molar-refractivity contribution in [3.8, 4) is 0 Å². The monoisotopic (exact) mass is 309 g/mol. The van der Waals surface area contributed by atoms with E-state index >= 15 is 0 Å². The van der Waals surface area contributed by atoms with Crippen molar-refractivity contribution in [1.29, 1.82) is 0 Å². The van der Waals surface area contributed by atoms with Crippen molar-refractivity contribution in [2.45, 2.75) is 50.3 Å². The molecular weight excluding hydrogens is 287 g/mol. The van der Waals surface area contributed by atoms with E-state index in [1.54, 1.807) is 0 Å². The van der Waals surface area contributed by atoms with Crippen LogP contribution in [0.3, 0.4) is 0 Å². The van der Waals surface area contributed by atoms with Crippen molar-refractivity contribution in [3.63, 3.8) is 0 Å². The molecule has 0 aromatic heterocycles. The maximum Gasteiger partial charge on any atom is 0.490 e. The van der Waals surface area contributed by atoms with Gasteiger partial charge in [-0.1, -0.05) is 6.42 Å². The Morgan fingerprint density at radius 2 is 1.95 bits per heavy atom. The van der Waals surface area contributed by atoms with Crippen molar-refractivity contribution < 1.29 is 27.8 Å². The van der Waals surface area contributed by atoms with Crippen molar-refractivity contribution >= 4 is 5.97 Å². The van der Waals surface area contributed by atoms with Gasteiger partial charge in [0.15, 0.2) is 0 Å². The second-order valence-corrected chi connectivity index (χ2v) is 6.22. The van der Waals surface area contributed by atoms with Gasteiger partial charge in [0.05, 0.1) is 5.60 Å². The van der Waals surface area contributed by atoms with Gasteiger partial charge in [0, 0.05) is 26.2 Å². The van der Waals surface area contributed by atoms with E-state index in [4.69, 9.17) is 14.6 Å². The highest BCUT2D eigenvalue weighted by Gasteiger charge is 2.42. The van der Waals surface area contributed by atoms with Gasteiger partial charge in [0.2, 0.25) is 0 Å². The van der Waals surface area contributed by atoms with Crippen LogP contribution in [-0.2, 0) is 9.53 Å². The van der Waals surface area contributed by atoms with Crippen LogP contribution in [-0.4, -0.2) is 54.0 Å². The summed E-state index contributed by atoms with van der Waals surface area (Å²) < 4.78 is 37.7. The minimum absolute atomic E-state index is 0.295. The lowest BCUT2D eigenvalue weighted by molar-refractivity contribution is -0.192. The molecule has 1 atom stereocenters. The summed E-state index contributed by atoms with van der Waals surface area (Å²) in [5, 5.41) is 7.12. The number of ether oxygens (including phenoxy) is 1. The molecule has 2 saturated heterocycles. The number of halogens is 3. The first-order chi connectivity index (χ1) is 9.81. The Morgan fingerprint density at radius 3 is 2.38 bits per heavy atom. The van der Waals surface area contributed by atoms with E-state index in [1.165, 1.54) is 58.2 Å². The third-order valence-electron chi connectivity index (χ3n) is 4.56. The summed E-state index contributed by atoms with van der Waals surface area (Å²) in [7, 11) is 0. The zero-order valence-corrected chi connectivity index (χ0v) is 12.0. The molecule has 122 valence electrons. The molecule has 1 unspecified atom stereocenters. The van der Waals surface area contributed by atoms with E-state index in [9.17, 15) is 13.2 Å². The van der Waals surface area contributed by atoms with E-state index in [2.05, 4.69) is 4.90 Å². The molecule has 3 rings (SSSR count). The molecule has 0 bridgehead atoms. The van der Waals surface area contributed by atoms with Gasteiger partial charge in [0.25, 0.3) is 0 Å². The van der Waals surface area contributed by atoms with Gasteiger partial charge >= 0.3 is 12.1 Å². The Balaban J connectivity index is 0.000000199.